The molecule has 0 aliphatic rings. The summed E-state index contributed by atoms with van der Waals surface area (Å²) in [7, 11) is 4.13. The largest absolute Gasteiger partial charge is 0.493 e. The Kier molecular flexibility index (Phi) is 6.90. The van der Waals surface area contributed by atoms with Gasteiger partial charge in [-0.1, -0.05) is 23.7 Å². The van der Waals surface area contributed by atoms with Gasteiger partial charge in [0.25, 0.3) is 5.91 Å². The molecule has 0 saturated heterocycles. The van der Waals surface area contributed by atoms with Crippen molar-refractivity contribution in [3.8, 4) is 17.2 Å². The molecule has 27 heavy (non-hydrogen) atoms. The fourth-order valence-electron chi connectivity index (χ4n) is 2.28. The number of carbonyl (C=O) groups excluding carboxylic acids is 2. The molecule has 2 aromatic carbocycles. The predicted molar refractivity (Wildman–Crippen MR) is 101 cm³/mol. The summed E-state index contributed by atoms with van der Waals surface area (Å²) in [5.74, 6) is -0.0584. The summed E-state index contributed by atoms with van der Waals surface area (Å²) in [6.45, 7) is 1.57. The first-order chi connectivity index (χ1) is 12.9. The van der Waals surface area contributed by atoms with Crippen LogP contribution >= 0.6 is 11.6 Å². The SMILES string of the molecule is COC(=O)c1cc(OC)c(OC)cc1NC(=O)C(C)Oc1ccccc1Cl. The van der Waals surface area contributed by atoms with Gasteiger partial charge in [-0.25, -0.2) is 4.79 Å². The van der Waals surface area contributed by atoms with Crippen LogP contribution in [0.15, 0.2) is 36.4 Å². The van der Waals surface area contributed by atoms with Crippen LogP contribution in [0.25, 0.3) is 0 Å². The molecule has 2 rings (SSSR count). The summed E-state index contributed by atoms with van der Waals surface area (Å²) < 4.78 is 20.8. The van der Waals surface area contributed by atoms with E-state index in [2.05, 4.69) is 5.32 Å². The van der Waals surface area contributed by atoms with Crippen LogP contribution in [0, 0.1) is 0 Å². The maximum Gasteiger partial charge on any atom is 0.340 e. The molecule has 8 heteroatoms. The number of hydrogen-bond acceptors (Lipinski definition) is 6. The third kappa shape index (κ3) is 4.83. The second-order valence-corrected chi connectivity index (χ2v) is 5.83. The third-order valence-electron chi connectivity index (χ3n) is 3.70. The molecule has 1 atom stereocenters. The normalized spacial score (nSPS) is 11.3. The number of rotatable bonds is 7. The lowest BCUT2D eigenvalue weighted by atomic mass is 10.1. The highest BCUT2D eigenvalue weighted by Crippen LogP contribution is 2.34. The van der Waals surface area contributed by atoms with Gasteiger partial charge in [-0.05, 0) is 19.1 Å². The van der Waals surface area contributed by atoms with Crippen LogP contribution in [0.4, 0.5) is 5.69 Å². The molecule has 1 amide bonds. The van der Waals surface area contributed by atoms with Crippen molar-refractivity contribution in [3.63, 3.8) is 0 Å². The Morgan fingerprint density at radius 3 is 2.22 bits per heavy atom. The summed E-state index contributed by atoms with van der Waals surface area (Å²) in [6.07, 6.45) is -0.872. The van der Waals surface area contributed by atoms with E-state index in [0.29, 0.717) is 22.3 Å². The van der Waals surface area contributed by atoms with Gasteiger partial charge in [-0.15, -0.1) is 0 Å². The van der Waals surface area contributed by atoms with E-state index in [1.165, 1.54) is 33.5 Å². The van der Waals surface area contributed by atoms with Gasteiger partial charge >= 0.3 is 5.97 Å². The molecule has 0 saturated carbocycles. The number of amides is 1. The van der Waals surface area contributed by atoms with Crippen LogP contribution in [-0.4, -0.2) is 39.3 Å². The van der Waals surface area contributed by atoms with Gasteiger partial charge in [0.05, 0.1) is 37.6 Å². The molecule has 0 bridgehead atoms. The number of esters is 1. The van der Waals surface area contributed by atoms with Crippen LogP contribution in [0.1, 0.15) is 17.3 Å². The van der Waals surface area contributed by atoms with Crippen molar-refractivity contribution in [1.82, 2.24) is 0 Å². The Hall–Kier alpha value is -2.93. The predicted octanol–water partition coefficient (Wildman–Crippen LogP) is 3.55. The van der Waals surface area contributed by atoms with Crippen LogP contribution in [0.3, 0.4) is 0 Å². The first-order valence-corrected chi connectivity index (χ1v) is 8.35. The molecule has 0 fully saturated rings. The van der Waals surface area contributed by atoms with E-state index in [4.69, 9.17) is 30.5 Å². The summed E-state index contributed by atoms with van der Waals surface area (Å²) in [6, 6.07) is 9.72. The average Bonchev–Trinajstić information content (AvgIpc) is 2.68. The van der Waals surface area contributed by atoms with Crippen molar-refractivity contribution >= 4 is 29.2 Å². The van der Waals surface area contributed by atoms with Crippen LogP contribution in [-0.2, 0) is 9.53 Å². The van der Waals surface area contributed by atoms with Crippen LogP contribution in [0.5, 0.6) is 17.2 Å². The highest BCUT2D eigenvalue weighted by molar-refractivity contribution is 6.32. The fraction of sp³-hybridized carbons (Fsp3) is 0.263. The summed E-state index contributed by atoms with van der Waals surface area (Å²) in [5, 5.41) is 3.04. The standard InChI is InChI=1S/C19H20ClNO6/c1-11(27-15-8-6-5-7-13(15)20)18(22)21-14-10-17(25-3)16(24-2)9-12(14)19(23)26-4/h5-11H,1-4H3,(H,21,22). The van der Waals surface area contributed by atoms with Crippen molar-refractivity contribution < 1.29 is 28.5 Å². The smallest absolute Gasteiger partial charge is 0.340 e. The zero-order valence-corrected chi connectivity index (χ0v) is 16.1. The van der Waals surface area contributed by atoms with E-state index < -0.39 is 18.0 Å². The van der Waals surface area contributed by atoms with E-state index in [-0.39, 0.29) is 11.3 Å². The van der Waals surface area contributed by atoms with Crippen molar-refractivity contribution in [2.24, 2.45) is 0 Å². The molecule has 0 radical (unpaired) electrons. The first-order valence-electron chi connectivity index (χ1n) is 7.97. The van der Waals surface area contributed by atoms with Gasteiger partial charge in [-0.3, -0.25) is 4.79 Å². The van der Waals surface area contributed by atoms with E-state index in [1.54, 1.807) is 31.2 Å². The molecule has 7 nitrogen and oxygen atoms in total. The Labute approximate surface area is 162 Å². The molecule has 1 unspecified atom stereocenters. The van der Waals surface area contributed by atoms with Crippen molar-refractivity contribution in [3.05, 3.63) is 47.0 Å². The number of halogens is 1. The van der Waals surface area contributed by atoms with Gasteiger partial charge in [-0.2, -0.15) is 0 Å². The lowest BCUT2D eigenvalue weighted by Crippen LogP contribution is -2.31. The number of ether oxygens (including phenoxy) is 4. The Bertz CT molecular complexity index is 839. The minimum absolute atomic E-state index is 0.119. The van der Waals surface area contributed by atoms with E-state index in [1.807, 2.05) is 0 Å². The summed E-state index contributed by atoms with van der Waals surface area (Å²) >= 11 is 6.04. The topological polar surface area (TPSA) is 83.1 Å². The number of anilines is 1. The monoisotopic (exact) mass is 393 g/mol. The zero-order chi connectivity index (χ0) is 20.0. The minimum Gasteiger partial charge on any atom is -0.493 e. The molecule has 0 aliphatic carbocycles. The van der Waals surface area contributed by atoms with Crippen LogP contribution in [0.2, 0.25) is 5.02 Å². The maximum absolute atomic E-state index is 12.5. The van der Waals surface area contributed by atoms with Gasteiger partial charge in [0.1, 0.15) is 5.75 Å². The lowest BCUT2D eigenvalue weighted by molar-refractivity contribution is -0.122. The molecule has 0 heterocycles. The number of benzene rings is 2. The summed E-state index contributed by atoms with van der Waals surface area (Å²) in [5.41, 5.74) is 0.326. The Balaban J connectivity index is 2.27. The van der Waals surface area contributed by atoms with E-state index in [0.717, 1.165) is 0 Å². The second-order valence-electron chi connectivity index (χ2n) is 5.42. The highest BCUT2D eigenvalue weighted by Gasteiger charge is 2.22. The number of nitrogens with one attached hydrogen (secondary N) is 1. The number of hydrogen-bond donors (Lipinski definition) is 1. The molecular weight excluding hydrogens is 374 g/mol. The van der Waals surface area contributed by atoms with E-state index >= 15 is 0 Å². The molecular formula is C19H20ClNO6. The highest BCUT2D eigenvalue weighted by atomic mass is 35.5. The second kappa shape index (κ2) is 9.14. The number of carbonyl (C=O) groups is 2. The molecule has 144 valence electrons. The number of para-hydroxylation sites is 1. The molecule has 2 aromatic rings. The van der Waals surface area contributed by atoms with Gasteiger partial charge in [0, 0.05) is 12.1 Å². The molecule has 1 N–H and O–H groups in total. The lowest BCUT2D eigenvalue weighted by Gasteiger charge is -2.18. The fourth-order valence-corrected chi connectivity index (χ4v) is 2.46. The van der Waals surface area contributed by atoms with Gasteiger partial charge in [0.2, 0.25) is 0 Å². The van der Waals surface area contributed by atoms with Crippen molar-refractivity contribution in [2.45, 2.75) is 13.0 Å². The molecule has 0 aromatic heterocycles. The van der Waals surface area contributed by atoms with Crippen molar-refractivity contribution in [1.29, 1.82) is 0 Å². The minimum atomic E-state index is -0.872. The van der Waals surface area contributed by atoms with Crippen LogP contribution < -0.4 is 19.5 Å². The Morgan fingerprint density at radius 2 is 1.63 bits per heavy atom. The molecule has 0 aliphatic heterocycles. The number of methoxy groups -OCH3 is 3. The quantitative estimate of drug-likeness (QED) is 0.724. The molecule has 0 spiro atoms. The zero-order valence-electron chi connectivity index (χ0n) is 15.4. The first kappa shape index (κ1) is 20.4. The van der Waals surface area contributed by atoms with Gasteiger partial charge < -0.3 is 24.3 Å². The van der Waals surface area contributed by atoms with Gasteiger partial charge in [0.15, 0.2) is 17.6 Å². The summed E-state index contributed by atoms with van der Waals surface area (Å²) in [4.78, 5) is 24.6. The average molecular weight is 394 g/mol. The Morgan fingerprint density at radius 1 is 1.00 bits per heavy atom. The maximum atomic E-state index is 12.5. The third-order valence-corrected chi connectivity index (χ3v) is 4.01. The van der Waals surface area contributed by atoms with E-state index in [9.17, 15) is 9.59 Å². The van der Waals surface area contributed by atoms with Crippen molar-refractivity contribution in [2.75, 3.05) is 26.6 Å².